The Kier molecular flexibility index (Phi) is 5.19. The number of rotatable bonds is 3. The molecule has 0 bridgehead atoms. The molecular formula is C20H19Cl2N3O3. The van der Waals surface area contributed by atoms with Crippen LogP contribution in [0.4, 0.5) is 5.69 Å². The second-order valence-electron chi connectivity index (χ2n) is 7.09. The third kappa shape index (κ3) is 3.68. The van der Waals surface area contributed by atoms with Crippen molar-refractivity contribution < 1.29 is 14.7 Å². The lowest BCUT2D eigenvalue weighted by atomic mass is 9.91. The first-order valence-corrected chi connectivity index (χ1v) is 9.77. The number of fused-ring (bicyclic) bond motifs is 2. The third-order valence-electron chi connectivity index (χ3n) is 5.26. The maximum absolute atomic E-state index is 12.9. The van der Waals surface area contributed by atoms with Gasteiger partial charge in [0.1, 0.15) is 6.04 Å². The molecule has 146 valence electrons. The molecule has 0 saturated heterocycles. The van der Waals surface area contributed by atoms with Gasteiger partial charge >= 0.3 is 5.97 Å². The van der Waals surface area contributed by atoms with E-state index >= 15 is 0 Å². The lowest BCUT2D eigenvalue weighted by molar-refractivity contribution is -0.138. The van der Waals surface area contributed by atoms with Crippen LogP contribution in [0, 0.1) is 0 Å². The third-order valence-corrected chi connectivity index (χ3v) is 5.79. The fraction of sp³-hybridized carbons (Fsp3) is 0.300. The molecule has 28 heavy (non-hydrogen) atoms. The molecule has 1 amide bonds. The number of halogens is 2. The standard InChI is InChI=1S/C20H19Cl2N3O3/c21-12-6-13(22)18-14(7-12)24-17(20(27)28)8-15(18)25-19(26)16-5-10-3-1-2-4-11(10)9-23-16/h1-4,6-7,15-17,23-24H,5,8-9H2,(H,25,26)(H,27,28). The Morgan fingerprint density at radius 1 is 1.11 bits per heavy atom. The monoisotopic (exact) mass is 419 g/mol. The lowest BCUT2D eigenvalue weighted by Gasteiger charge is -2.34. The number of carbonyl (C=O) groups is 2. The molecule has 4 N–H and O–H groups in total. The van der Waals surface area contributed by atoms with E-state index in [-0.39, 0.29) is 18.4 Å². The molecular weight excluding hydrogens is 401 g/mol. The Hall–Kier alpha value is -2.28. The van der Waals surface area contributed by atoms with Gasteiger partial charge in [0.05, 0.1) is 12.1 Å². The molecule has 0 saturated carbocycles. The van der Waals surface area contributed by atoms with Gasteiger partial charge in [-0.1, -0.05) is 47.5 Å². The average Bonchev–Trinajstić information content (AvgIpc) is 2.66. The summed E-state index contributed by atoms with van der Waals surface area (Å²) >= 11 is 12.4. The van der Waals surface area contributed by atoms with E-state index in [1.165, 1.54) is 5.56 Å². The molecule has 0 aromatic heterocycles. The summed E-state index contributed by atoms with van der Waals surface area (Å²) in [6, 6.07) is 9.49. The minimum Gasteiger partial charge on any atom is -0.480 e. The van der Waals surface area contributed by atoms with Gasteiger partial charge < -0.3 is 21.1 Å². The van der Waals surface area contributed by atoms with Gasteiger partial charge in [0.2, 0.25) is 5.91 Å². The number of hydrogen-bond acceptors (Lipinski definition) is 4. The van der Waals surface area contributed by atoms with Crippen molar-refractivity contribution >= 4 is 40.8 Å². The Morgan fingerprint density at radius 2 is 1.86 bits per heavy atom. The number of nitrogens with one attached hydrogen (secondary N) is 3. The van der Waals surface area contributed by atoms with Gasteiger partial charge in [0.25, 0.3) is 0 Å². The number of hydrogen-bond donors (Lipinski definition) is 4. The largest absolute Gasteiger partial charge is 0.480 e. The molecule has 3 atom stereocenters. The summed E-state index contributed by atoms with van der Waals surface area (Å²) < 4.78 is 0. The zero-order valence-electron chi connectivity index (χ0n) is 14.8. The summed E-state index contributed by atoms with van der Waals surface area (Å²) in [6.07, 6.45) is 0.773. The molecule has 6 nitrogen and oxygen atoms in total. The van der Waals surface area contributed by atoms with Gasteiger partial charge in [0, 0.05) is 34.3 Å². The molecule has 0 fully saturated rings. The number of carboxylic acids is 1. The highest BCUT2D eigenvalue weighted by atomic mass is 35.5. The van der Waals surface area contributed by atoms with Gasteiger partial charge in [-0.25, -0.2) is 4.79 Å². The van der Waals surface area contributed by atoms with Crippen molar-refractivity contribution in [3.8, 4) is 0 Å². The van der Waals surface area contributed by atoms with Crippen LogP contribution in [0.25, 0.3) is 0 Å². The first-order chi connectivity index (χ1) is 13.4. The Bertz CT molecular complexity index is 950. The smallest absolute Gasteiger partial charge is 0.326 e. The second-order valence-corrected chi connectivity index (χ2v) is 7.93. The van der Waals surface area contributed by atoms with Gasteiger partial charge in [-0.3, -0.25) is 4.79 Å². The lowest BCUT2D eigenvalue weighted by Crippen LogP contribution is -2.50. The van der Waals surface area contributed by atoms with Crippen LogP contribution < -0.4 is 16.0 Å². The molecule has 2 aromatic carbocycles. The highest BCUT2D eigenvalue weighted by Gasteiger charge is 2.35. The highest BCUT2D eigenvalue weighted by molar-refractivity contribution is 6.35. The van der Waals surface area contributed by atoms with E-state index in [1.807, 2.05) is 24.3 Å². The number of benzene rings is 2. The van der Waals surface area contributed by atoms with Crippen molar-refractivity contribution in [2.24, 2.45) is 0 Å². The van der Waals surface area contributed by atoms with E-state index < -0.39 is 18.1 Å². The molecule has 2 aliphatic rings. The topological polar surface area (TPSA) is 90.5 Å². The fourth-order valence-electron chi connectivity index (χ4n) is 3.86. The number of carboxylic acid groups (broad SMARTS) is 1. The van der Waals surface area contributed by atoms with Crippen LogP contribution in [0.5, 0.6) is 0 Å². The molecule has 3 unspecified atom stereocenters. The minimum atomic E-state index is -0.995. The van der Waals surface area contributed by atoms with E-state index in [1.54, 1.807) is 12.1 Å². The van der Waals surface area contributed by atoms with Crippen molar-refractivity contribution in [2.45, 2.75) is 37.5 Å². The van der Waals surface area contributed by atoms with Crippen LogP contribution in [0.1, 0.15) is 29.2 Å². The molecule has 2 aliphatic heterocycles. The van der Waals surface area contributed by atoms with Crippen molar-refractivity contribution in [1.82, 2.24) is 10.6 Å². The molecule has 0 spiro atoms. The molecule has 0 aliphatic carbocycles. The summed E-state index contributed by atoms with van der Waals surface area (Å²) in [5, 5.41) is 19.4. The number of carbonyl (C=O) groups excluding carboxylic acids is 1. The fourth-order valence-corrected chi connectivity index (χ4v) is 4.49. The highest BCUT2D eigenvalue weighted by Crippen LogP contribution is 2.40. The number of aliphatic carboxylic acids is 1. The SMILES string of the molecule is O=C(O)C1CC(NC(=O)C2Cc3ccccc3CN2)c2c(Cl)cc(Cl)cc2N1. The van der Waals surface area contributed by atoms with Gasteiger partial charge in [-0.05, 0) is 29.7 Å². The zero-order chi connectivity index (χ0) is 19.8. The van der Waals surface area contributed by atoms with Crippen LogP contribution in [0.3, 0.4) is 0 Å². The molecule has 0 radical (unpaired) electrons. The summed E-state index contributed by atoms with van der Waals surface area (Å²) in [5.74, 6) is -1.17. The van der Waals surface area contributed by atoms with Crippen LogP contribution in [0.2, 0.25) is 10.0 Å². The summed E-state index contributed by atoms with van der Waals surface area (Å²) in [5.41, 5.74) is 3.51. The van der Waals surface area contributed by atoms with E-state index in [0.717, 1.165) is 5.56 Å². The number of amides is 1. The summed E-state index contributed by atoms with van der Waals surface area (Å²) in [4.78, 5) is 24.5. The van der Waals surface area contributed by atoms with Crippen molar-refractivity contribution in [2.75, 3.05) is 5.32 Å². The van der Waals surface area contributed by atoms with Crippen LogP contribution in [-0.2, 0) is 22.6 Å². The van der Waals surface area contributed by atoms with Crippen molar-refractivity contribution in [3.63, 3.8) is 0 Å². The quantitative estimate of drug-likeness (QED) is 0.613. The minimum absolute atomic E-state index is 0.178. The normalized spacial score (nSPS) is 23.1. The van der Waals surface area contributed by atoms with E-state index in [4.69, 9.17) is 23.2 Å². The van der Waals surface area contributed by atoms with E-state index in [0.29, 0.717) is 34.3 Å². The molecule has 8 heteroatoms. The Balaban J connectivity index is 1.57. The Morgan fingerprint density at radius 3 is 2.61 bits per heavy atom. The van der Waals surface area contributed by atoms with Gasteiger partial charge in [-0.15, -0.1) is 0 Å². The van der Waals surface area contributed by atoms with Crippen molar-refractivity contribution in [3.05, 3.63) is 63.1 Å². The van der Waals surface area contributed by atoms with Crippen LogP contribution >= 0.6 is 23.2 Å². The molecule has 2 aromatic rings. The zero-order valence-corrected chi connectivity index (χ0v) is 16.3. The molecule has 2 heterocycles. The van der Waals surface area contributed by atoms with Crippen LogP contribution in [0.15, 0.2) is 36.4 Å². The van der Waals surface area contributed by atoms with E-state index in [9.17, 15) is 14.7 Å². The first-order valence-electron chi connectivity index (χ1n) is 9.01. The Labute approximate surface area is 172 Å². The van der Waals surface area contributed by atoms with Crippen LogP contribution in [-0.4, -0.2) is 29.1 Å². The van der Waals surface area contributed by atoms with Crippen molar-refractivity contribution in [1.29, 1.82) is 0 Å². The average molecular weight is 420 g/mol. The van der Waals surface area contributed by atoms with Gasteiger partial charge in [-0.2, -0.15) is 0 Å². The molecule has 4 rings (SSSR count). The maximum Gasteiger partial charge on any atom is 0.326 e. The predicted molar refractivity (Wildman–Crippen MR) is 108 cm³/mol. The maximum atomic E-state index is 12.9. The second kappa shape index (κ2) is 7.62. The summed E-state index contributed by atoms with van der Waals surface area (Å²) in [7, 11) is 0. The number of anilines is 1. The van der Waals surface area contributed by atoms with E-state index in [2.05, 4.69) is 16.0 Å². The first kappa shape index (κ1) is 19.1. The van der Waals surface area contributed by atoms with Gasteiger partial charge in [0.15, 0.2) is 0 Å². The predicted octanol–water partition coefficient (Wildman–Crippen LogP) is 3.13. The summed E-state index contributed by atoms with van der Waals surface area (Å²) in [6.45, 7) is 0.616.